The lowest BCUT2D eigenvalue weighted by Crippen LogP contribution is -2.48. The normalized spacial score (nSPS) is 27.5. The zero-order valence-corrected chi connectivity index (χ0v) is 18.5. The molecular formula is C26H36N2O3. The smallest absolute Gasteiger partial charge is 0.305 e. The molecule has 5 heteroatoms. The SMILES string of the molecule is N#Cc1ccc(C2OC(CC(=O)O)CCC2N(CC2CCCC2)CC2CCCC2)cc1. The summed E-state index contributed by atoms with van der Waals surface area (Å²) in [6.07, 6.45) is 12.2. The molecule has 1 aromatic carbocycles. The Hall–Kier alpha value is -1.90. The molecule has 3 unspecified atom stereocenters. The molecule has 2 aliphatic carbocycles. The predicted octanol–water partition coefficient (Wildman–Crippen LogP) is 5.30. The lowest BCUT2D eigenvalue weighted by atomic mass is 9.89. The molecule has 4 rings (SSSR count). The van der Waals surface area contributed by atoms with Gasteiger partial charge < -0.3 is 9.84 Å². The summed E-state index contributed by atoms with van der Waals surface area (Å²) < 4.78 is 6.47. The van der Waals surface area contributed by atoms with E-state index in [0.717, 1.165) is 43.3 Å². The van der Waals surface area contributed by atoms with Crippen LogP contribution in [0.2, 0.25) is 0 Å². The molecule has 0 amide bonds. The van der Waals surface area contributed by atoms with Gasteiger partial charge in [0.05, 0.1) is 30.3 Å². The Morgan fingerprint density at radius 3 is 2.06 bits per heavy atom. The lowest BCUT2D eigenvalue weighted by molar-refractivity contribution is -0.148. The van der Waals surface area contributed by atoms with Gasteiger partial charge in [-0.2, -0.15) is 5.26 Å². The predicted molar refractivity (Wildman–Crippen MR) is 120 cm³/mol. The highest BCUT2D eigenvalue weighted by molar-refractivity contribution is 5.67. The van der Waals surface area contributed by atoms with Gasteiger partial charge >= 0.3 is 5.97 Å². The van der Waals surface area contributed by atoms with Gasteiger partial charge in [0.15, 0.2) is 0 Å². The quantitative estimate of drug-likeness (QED) is 0.613. The Kier molecular flexibility index (Phi) is 7.63. The summed E-state index contributed by atoms with van der Waals surface area (Å²) in [6, 6.07) is 10.2. The third-order valence-corrected chi connectivity index (χ3v) is 7.65. The van der Waals surface area contributed by atoms with Gasteiger partial charge in [-0.3, -0.25) is 9.69 Å². The van der Waals surface area contributed by atoms with Crippen LogP contribution >= 0.6 is 0 Å². The van der Waals surface area contributed by atoms with Crippen LogP contribution in [0.5, 0.6) is 0 Å². The van der Waals surface area contributed by atoms with E-state index in [1.807, 2.05) is 24.3 Å². The Bertz CT molecular complexity index is 742. The Labute approximate surface area is 186 Å². The molecule has 1 N–H and O–H groups in total. The first kappa shape index (κ1) is 22.3. The van der Waals surface area contributed by atoms with E-state index in [4.69, 9.17) is 4.74 Å². The van der Waals surface area contributed by atoms with E-state index < -0.39 is 5.97 Å². The molecule has 1 aromatic rings. The first-order valence-electron chi connectivity index (χ1n) is 12.2. The summed E-state index contributed by atoms with van der Waals surface area (Å²) in [7, 11) is 0. The van der Waals surface area contributed by atoms with Crippen molar-refractivity contribution in [2.24, 2.45) is 11.8 Å². The average molecular weight is 425 g/mol. The highest BCUT2D eigenvalue weighted by Crippen LogP contribution is 2.39. The van der Waals surface area contributed by atoms with Crippen molar-refractivity contribution in [3.05, 3.63) is 35.4 Å². The van der Waals surface area contributed by atoms with Gasteiger partial charge in [0, 0.05) is 19.1 Å². The molecule has 31 heavy (non-hydrogen) atoms. The van der Waals surface area contributed by atoms with Gasteiger partial charge in [-0.05, 0) is 68.1 Å². The van der Waals surface area contributed by atoms with Crippen LogP contribution in [-0.4, -0.2) is 41.2 Å². The molecule has 3 aliphatic rings. The van der Waals surface area contributed by atoms with E-state index in [1.54, 1.807) is 0 Å². The zero-order valence-electron chi connectivity index (χ0n) is 18.5. The van der Waals surface area contributed by atoms with Gasteiger partial charge in [-0.15, -0.1) is 0 Å². The highest BCUT2D eigenvalue weighted by atomic mass is 16.5. The van der Waals surface area contributed by atoms with Crippen LogP contribution in [0.3, 0.4) is 0 Å². The maximum absolute atomic E-state index is 11.3. The van der Waals surface area contributed by atoms with Crippen LogP contribution in [0.15, 0.2) is 24.3 Å². The van der Waals surface area contributed by atoms with Crippen LogP contribution < -0.4 is 0 Å². The minimum atomic E-state index is -0.796. The molecule has 3 fully saturated rings. The number of carboxylic acid groups (broad SMARTS) is 1. The van der Waals surface area contributed by atoms with E-state index in [9.17, 15) is 15.2 Å². The highest BCUT2D eigenvalue weighted by Gasteiger charge is 2.38. The number of carboxylic acids is 1. The van der Waals surface area contributed by atoms with Crippen LogP contribution in [0.25, 0.3) is 0 Å². The molecular weight excluding hydrogens is 388 g/mol. The molecule has 2 saturated carbocycles. The second-order valence-corrected chi connectivity index (χ2v) is 9.91. The third-order valence-electron chi connectivity index (χ3n) is 7.65. The van der Waals surface area contributed by atoms with Crippen molar-refractivity contribution in [1.82, 2.24) is 4.90 Å². The van der Waals surface area contributed by atoms with Crippen molar-refractivity contribution >= 4 is 5.97 Å². The Morgan fingerprint density at radius 2 is 1.55 bits per heavy atom. The van der Waals surface area contributed by atoms with Gasteiger partial charge in [-0.1, -0.05) is 37.8 Å². The van der Waals surface area contributed by atoms with Gasteiger partial charge in [-0.25, -0.2) is 0 Å². The van der Waals surface area contributed by atoms with Crippen molar-refractivity contribution < 1.29 is 14.6 Å². The second-order valence-electron chi connectivity index (χ2n) is 9.91. The van der Waals surface area contributed by atoms with E-state index in [0.29, 0.717) is 5.56 Å². The van der Waals surface area contributed by atoms with E-state index in [-0.39, 0.29) is 24.7 Å². The zero-order chi connectivity index (χ0) is 21.6. The average Bonchev–Trinajstić information content (AvgIpc) is 3.47. The second kappa shape index (κ2) is 10.6. The number of nitrogens with zero attached hydrogens (tertiary/aromatic N) is 2. The summed E-state index contributed by atoms with van der Waals surface area (Å²) in [5.74, 6) is 0.760. The maximum Gasteiger partial charge on any atom is 0.305 e. The molecule has 1 aliphatic heterocycles. The minimum absolute atomic E-state index is 0.0603. The van der Waals surface area contributed by atoms with Crippen molar-refractivity contribution in [3.8, 4) is 6.07 Å². The fourth-order valence-corrected chi connectivity index (χ4v) is 6.04. The van der Waals surface area contributed by atoms with Crippen LogP contribution in [0, 0.1) is 23.2 Å². The molecule has 0 bridgehead atoms. The molecule has 168 valence electrons. The summed E-state index contributed by atoms with van der Waals surface area (Å²) in [4.78, 5) is 14.1. The largest absolute Gasteiger partial charge is 0.481 e. The fraction of sp³-hybridized carbons (Fsp3) is 0.692. The van der Waals surface area contributed by atoms with Crippen molar-refractivity contribution in [2.45, 2.75) is 88.9 Å². The molecule has 3 atom stereocenters. The van der Waals surface area contributed by atoms with Crippen LogP contribution in [0.4, 0.5) is 0 Å². The number of hydrogen-bond acceptors (Lipinski definition) is 4. The van der Waals surface area contributed by atoms with Gasteiger partial charge in [0.25, 0.3) is 0 Å². The Balaban J connectivity index is 1.57. The number of hydrogen-bond donors (Lipinski definition) is 1. The minimum Gasteiger partial charge on any atom is -0.481 e. The van der Waals surface area contributed by atoms with Crippen LogP contribution in [-0.2, 0) is 9.53 Å². The van der Waals surface area contributed by atoms with Crippen molar-refractivity contribution in [2.75, 3.05) is 13.1 Å². The van der Waals surface area contributed by atoms with E-state index >= 15 is 0 Å². The molecule has 0 aromatic heterocycles. The number of aliphatic carboxylic acids is 1. The number of ether oxygens (including phenoxy) is 1. The Morgan fingerprint density at radius 1 is 0.968 bits per heavy atom. The van der Waals surface area contributed by atoms with E-state index in [1.165, 1.54) is 51.4 Å². The molecule has 0 spiro atoms. The standard InChI is InChI=1S/C26H36N2O3/c27-16-19-9-11-22(12-10-19)26-24(14-13-23(31-26)15-25(29)30)28(17-20-5-1-2-6-20)18-21-7-3-4-8-21/h9-12,20-21,23-24,26H,1-8,13-15,17-18H2,(H,29,30). The number of carbonyl (C=O) groups is 1. The number of benzene rings is 1. The fourth-order valence-electron chi connectivity index (χ4n) is 6.04. The number of nitriles is 1. The summed E-state index contributed by atoms with van der Waals surface area (Å²) in [5, 5.41) is 18.5. The molecule has 0 radical (unpaired) electrons. The summed E-state index contributed by atoms with van der Waals surface area (Å²) >= 11 is 0. The summed E-state index contributed by atoms with van der Waals surface area (Å²) in [5.41, 5.74) is 1.72. The monoisotopic (exact) mass is 424 g/mol. The summed E-state index contributed by atoms with van der Waals surface area (Å²) in [6.45, 7) is 2.28. The molecule has 5 nitrogen and oxygen atoms in total. The van der Waals surface area contributed by atoms with Crippen LogP contribution in [0.1, 0.15) is 87.9 Å². The maximum atomic E-state index is 11.3. The first-order chi connectivity index (χ1) is 15.1. The van der Waals surface area contributed by atoms with Gasteiger partial charge in [0.2, 0.25) is 0 Å². The first-order valence-corrected chi connectivity index (χ1v) is 12.2. The molecule has 1 saturated heterocycles. The number of rotatable bonds is 8. The van der Waals surface area contributed by atoms with Crippen molar-refractivity contribution in [3.63, 3.8) is 0 Å². The topological polar surface area (TPSA) is 73.6 Å². The van der Waals surface area contributed by atoms with Gasteiger partial charge in [0.1, 0.15) is 0 Å². The lowest BCUT2D eigenvalue weighted by Gasteiger charge is -2.44. The third kappa shape index (κ3) is 5.87. The molecule has 1 heterocycles. The van der Waals surface area contributed by atoms with Crippen molar-refractivity contribution in [1.29, 1.82) is 5.26 Å². The van der Waals surface area contributed by atoms with E-state index in [2.05, 4.69) is 11.0 Å².